The number of nitrogens with one attached hydrogen (secondary N) is 1. The summed E-state index contributed by atoms with van der Waals surface area (Å²) in [5.41, 5.74) is 0. The van der Waals surface area contributed by atoms with Crippen molar-refractivity contribution < 1.29 is 9.53 Å². The smallest absolute Gasteiger partial charge is 0.407 e. The Morgan fingerprint density at radius 2 is 2.11 bits per heavy atom. The second-order valence-corrected chi connectivity index (χ2v) is 6.46. The van der Waals surface area contributed by atoms with Crippen LogP contribution in [0.15, 0.2) is 0 Å². The minimum Gasteiger partial charge on any atom is -0.450 e. The summed E-state index contributed by atoms with van der Waals surface area (Å²) in [6.07, 6.45) is 3.60. The number of carbonyl (C=O) groups excluding carboxylic acids is 1. The fourth-order valence-electron chi connectivity index (χ4n) is 2.97. The zero-order valence-electron chi connectivity index (χ0n) is 12.5. The lowest BCUT2D eigenvalue weighted by atomic mass is 9.85. The molecule has 0 aromatic carbocycles. The topological polar surface area (TPSA) is 41.6 Å². The third kappa shape index (κ3) is 4.68. The normalized spacial score (nSPS) is 28.4. The molecule has 2 rings (SSSR count). The summed E-state index contributed by atoms with van der Waals surface area (Å²) in [7, 11) is 0. The summed E-state index contributed by atoms with van der Waals surface area (Å²) in [6, 6.07) is 0.249. The fourth-order valence-corrected chi connectivity index (χ4v) is 2.97. The maximum atomic E-state index is 11.6. The molecule has 0 aromatic heterocycles. The van der Waals surface area contributed by atoms with Crippen LogP contribution < -0.4 is 5.32 Å². The molecular weight excluding hydrogens is 240 g/mol. The highest BCUT2D eigenvalue weighted by Crippen LogP contribution is 2.32. The zero-order chi connectivity index (χ0) is 13.8. The van der Waals surface area contributed by atoms with Crippen molar-refractivity contribution in [1.29, 1.82) is 0 Å². The van der Waals surface area contributed by atoms with Crippen LogP contribution in [0.2, 0.25) is 0 Å². The van der Waals surface area contributed by atoms with Gasteiger partial charge in [0.25, 0.3) is 0 Å². The van der Waals surface area contributed by atoms with Gasteiger partial charge in [0.1, 0.15) is 0 Å². The molecule has 0 spiro atoms. The van der Waals surface area contributed by atoms with Gasteiger partial charge in [0, 0.05) is 25.7 Å². The molecule has 19 heavy (non-hydrogen) atoms. The summed E-state index contributed by atoms with van der Waals surface area (Å²) in [6.45, 7) is 10.2. The number of likely N-dealkylation sites (tertiary alicyclic amines) is 1. The first kappa shape index (κ1) is 14.6. The average Bonchev–Trinajstić information content (AvgIpc) is 3.12. The number of alkyl carbamates (subject to hydrolysis) is 1. The average molecular weight is 268 g/mol. The molecule has 2 aliphatic rings. The Morgan fingerprint density at radius 3 is 2.68 bits per heavy atom. The predicted molar refractivity (Wildman–Crippen MR) is 76.1 cm³/mol. The van der Waals surface area contributed by atoms with Crippen molar-refractivity contribution >= 4 is 6.09 Å². The van der Waals surface area contributed by atoms with Gasteiger partial charge in [-0.1, -0.05) is 13.8 Å². The van der Waals surface area contributed by atoms with Crippen LogP contribution in [-0.4, -0.2) is 43.3 Å². The van der Waals surface area contributed by atoms with E-state index < -0.39 is 0 Å². The Morgan fingerprint density at radius 1 is 1.37 bits per heavy atom. The van der Waals surface area contributed by atoms with Gasteiger partial charge < -0.3 is 15.0 Å². The number of nitrogens with zero attached hydrogens (tertiary/aromatic N) is 1. The van der Waals surface area contributed by atoms with Gasteiger partial charge in [0.05, 0.1) is 6.61 Å². The lowest BCUT2D eigenvalue weighted by Crippen LogP contribution is -2.52. The first-order valence-electron chi connectivity index (χ1n) is 7.74. The molecule has 1 heterocycles. The minimum absolute atomic E-state index is 0.249. The highest BCUT2D eigenvalue weighted by Gasteiger charge is 2.33. The van der Waals surface area contributed by atoms with Crippen molar-refractivity contribution in [3.8, 4) is 0 Å². The van der Waals surface area contributed by atoms with Crippen molar-refractivity contribution in [2.24, 2.45) is 17.8 Å². The third-order valence-electron chi connectivity index (χ3n) is 4.31. The molecule has 2 fully saturated rings. The van der Waals surface area contributed by atoms with E-state index in [1.807, 2.05) is 6.92 Å². The zero-order valence-corrected chi connectivity index (χ0v) is 12.5. The Labute approximate surface area is 116 Å². The van der Waals surface area contributed by atoms with E-state index in [2.05, 4.69) is 24.1 Å². The number of carbonyl (C=O) groups is 1. The Hall–Kier alpha value is -0.770. The maximum Gasteiger partial charge on any atom is 0.407 e. The van der Waals surface area contributed by atoms with Crippen molar-refractivity contribution in [3.05, 3.63) is 0 Å². The van der Waals surface area contributed by atoms with Crippen molar-refractivity contribution in [3.63, 3.8) is 0 Å². The van der Waals surface area contributed by atoms with Gasteiger partial charge >= 0.3 is 6.09 Å². The number of piperidine rings is 1. The van der Waals surface area contributed by atoms with Crippen LogP contribution in [0.4, 0.5) is 4.79 Å². The molecule has 0 aromatic rings. The third-order valence-corrected chi connectivity index (χ3v) is 4.31. The van der Waals surface area contributed by atoms with Crippen molar-refractivity contribution in [2.45, 2.75) is 46.1 Å². The SMILES string of the molecule is CCOC(=O)NC1CC(C(C)C)CN(CC2CC2)C1. The summed E-state index contributed by atoms with van der Waals surface area (Å²) < 4.78 is 5.00. The number of hydrogen-bond acceptors (Lipinski definition) is 3. The van der Waals surface area contributed by atoms with E-state index in [0.29, 0.717) is 18.4 Å². The number of amides is 1. The second-order valence-electron chi connectivity index (χ2n) is 6.46. The number of ether oxygens (including phenoxy) is 1. The molecule has 1 saturated heterocycles. The van der Waals surface area contributed by atoms with Crippen LogP contribution in [0.3, 0.4) is 0 Å². The molecule has 2 unspecified atom stereocenters. The molecule has 110 valence electrons. The van der Waals surface area contributed by atoms with Crippen LogP contribution in [0.5, 0.6) is 0 Å². The van der Waals surface area contributed by atoms with Gasteiger partial charge in [0.2, 0.25) is 0 Å². The summed E-state index contributed by atoms with van der Waals surface area (Å²) in [5.74, 6) is 2.27. The largest absolute Gasteiger partial charge is 0.450 e. The Bertz CT molecular complexity index is 303. The van der Waals surface area contributed by atoms with Gasteiger partial charge in [-0.05, 0) is 43.9 Å². The van der Waals surface area contributed by atoms with E-state index in [9.17, 15) is 4.79 Å². The molecule has 1 aliphatic carbocycles. The van der Waals surface area contributed by atoms with E-state index >= 15 is 0 Å². The van der Waals surface area contributed by atoms with Gasteiger partial charge in [0.15, 0.2) is 0 Å². The van der Waals surface area contributed by atoms with Crippen LogP contribution in [0, 0.1) is 17.8 Å². The minimum atomic E-state index is -0.261. The van der Waals surface area contributed by atoms with E-state index in [-0.39, 0.29) is 12.1 Å². The van der Waals surface area contributed by atoms with E-state index in [1.54, 1.807) is 0 Å². The molecule has 1 amide bonds. The molecule has 1 saturated carbocycles. The van der Waals surface area contributed by atoms with Crippen molar-refractivity contribution in [2.75, 3.05) is 26.2 Å². The summed E-state index contributed by atoms with van der Waals surface area (Å²) >= 11 is 0. The lowest BCUT2D eigenvalue weighted by Gasteiger charge is -2.39. The highest BCUT2D eigenvalue weighted by atomic mass is 16.5. The van der Waals surface area contributed by atoms with Gasteiger partial charge in [-0.15, -0.1) is 0 Å². The Kier molecular flexibility index (Phi) is 5.08. The van der Waals surface area contributed by atoms with E-state index in [1.165, 1.54) is 25.9 Å². The van der Waals surface area contributed by atoms with Crippen LogP contribution in [-0.2, 0) is 4.74 Å². The van der Waals surface area contributed by atoms with Gasteiger partial charge in [-0.2, -0.15) is 0 Å². The molecular formula is C15H28N2O2. The second kappa shape index (κ2) is 6.60. The molecule has 2 atom stereocenters. The fraction of sp³-hybridized carbons (Fsp3) is 0.933. The van der Waals surface area contributed by atoms with Crippen LogP contribution >= 0.6 is 0 Å². The predicted octanol–water partition coefficient (Wildman–Crippen LogP) is 2.49. The number of rotatable bonds is 5. The molecule has 1 aliphatic heterocycles. The summed E-state index contributed by atoms with van der Waals surface area (Å²) in [4.78, 5) is 14.1. The first-order chi connectivity index (χ1) is 9.08. The molecule has 0 radical (unpaired) electrons. The monoisotopic (exact) mass is 268 g/mol. The van der Waals surface area contributed by atoms with E-state index in [4.69, 9.17) is 4.74 Å². The quantitative estimate of drug-likeness (QED) is 0.833. The Balaban J connectivity index is 1.87. The standard InChI is InChI=1S/C15H28N2O2/c1-4-19-15(18)16-14-7-13(11(2)3)9-17(10-14)8-12-5-6-12/h11-14H,4-10H2,1-3H3,(H,16,18). The summed E-state index contributed by atoms with van der Waals surface area (Å²) in [5, 5.41) is 3.03. The number of hydrogen-bond donors (Lipinski definition) is 1. The van der Waals surface area contributed by atoms with Crippen molar-refractivity contribution in [1.82, 2.24) is 10.2 Å². The van der Waals surface area contributed by atoms with Gasteiger partial charge in [-0.3, -0.25) is 0 Å². The van der Waals surface area contributed by atoms with E-state index in [0.717, 1.165) is 18.9 Å². The van der Waals surface area contributed by atoms with Gasteiger partial charge in [-0.25, -0.2) is 4.79 Å². The molecule has 4 heteroatoms. The van der Waals surface area contributed by atoms with Crippen LogP contribution in [0.25, 0.3) is 0 Å². The first-order valence-corrected chi connectivity index (χ1v) is 7.74. The van der Waals surface area contributed by atoms with Crippen LogP contribution in [0.1, 0.15) is 40.0 Å². The molecule has 1 N–H and O–H groups in total. The maximum absolute atomic E-state index is 11.6. The molecule has 4 nitrogen and oxygen atoms in total. The molecule has 0 bridgehead atoms. The highest BCUT2D eigenvalue weighted by molar-refractivity contribution is 5.67. The lowest BCUT2D eigenvalue weighted by molar-refractivity contribution is 0.0994.